The number of hydrogen-bond donors (Lipinski definition) is 1. The number of likely N-dealkylation sites (N-methyl/N-ethyl adjacent to an activating group) is 1. The molecule has 0 unspecified atom stereocenters. The van der Waals surface area contributed by atoms with E-state index < -0.39 is 0 Å². The Morgan fingerprint density at radius 2 is 2.12 bits per heavy atom. The zero-order valence-electron chi connectivity index (χ0n) is 16.7. The van der Waals surface area contributed by atoms with E-state index in [9.17, 15) is 0 Å². The summed E-state index contributed by atoms with van der Waals surface area (Å²) in [5, 5.41) is 11.7. The van der Waals surface area contributed by atoms with E-state index in [1.54, 1.807) is 0 Å². The van der Waals surface area contributed by atoms with Crippen LogP contribution in [0, 0.1) is 12.8 Å². The molecule has 1 heterocycles. The number of aryl methyl sites for hydroxylation is 1. The summed E-state index contributed by atoms with van der Waals surface area (Å²) >= 11 is 0. The van der Waals surface area contributed by atoms with E-state index >= 15 is 0 Å². The Labute approximate surface area is 157 Å². The molecule has 0 amide bonds. The summed E-state index contributed by atoms with van der Waals surface area (Å²) in [5.41, 5.74) is 0. The highest BCUT2D eigenvalue weighted by Crippen LogP contribution is 2.28. The lowest BCUT2D eigenvalue weighted by atomic mass is 10.4. The van der Waals surface area contributed by atoms with Crippen molar-refractivity contribution in [3.63, 3.8) is 0 Å². The smallest absolute Gasteiger partial charge is 0.194 e. The molecule has 1 N–H and O–H groups in total. The number of rotatable bonds is 12. The molecule has 1 aromatic rings. The fourth-order valence-electron chi connectivity index (χ4n) is 2.41. The first-order valence-electron chi connectivity index (χ1n) is 9.61. The standard InChI is InChI=1S/C18H34N6O2/c1-5-25-11-6-9-19-18(20-13-17-22-21-15(2)24(17)4)23(3)10-12-26-14-16-7-8-16/h16H,5-14H2,1-4H3,(H,19,20). The number of nitrogens with zero attached hydrogens (tertiary/aromatic N) is 5. The van der Waals surface area contributed by atoms with E-state index in [0.29, 0.717) is 6.54 Å². The second-order valence-corrected chi connectivity index (χ2v) is 6.78. The van der Waals surface area contributed by atoms with E-state index in [2.05, 4.69) is 20.4 Å². The Balaban J connectivity index is 1.83. The van der Waals surface area contributed by atoms with Crippen molar-refractivity contribution in [1.82, 2.24) is 25.0 Å². The summed E-state index contributed by atoms with van der Waals surface area (Å²) < 4.78 is 13.1. The van der Waals surface area contributed by atoms with Crippen molar-refractivity contribution in [3.05, 3.63) is 11.6 Å². The average Bonchev–Trinajstić information content (AvgIpc) is 3.41. The van der Waals surface area contributed by atoms with Gasteiger partial charge in [0.15, 0.2) is 11.8 Å². The summed E-state index contributed by atoms with van der Waals surface area (Å²) in [7, 11) is 4.00. The molecule has 0 bridgehead atoms. The lowest BCUT2D eigenvalue weighted by Crippen LogP contribution is -2.41. The van der Waals surface area contributed by atoms with Crippen LogP contribution in [0.3, 0.4) is 0 Å². The Hall–Kier alpha value is -1.67. The minimum absolute atomic E-state index is 0.498. The van der Waals surface area contributed by atoms with Gasteiger partial charge in [-0.2, -0.15) is 0 Å². The molecule has 0 spiro atoms. The number of ether oxygens (including phenoxy) is 2. The van der Waals surface area contributed by atoms with Gasteiger partial charge in [0, 0.05) is 47.0 Å². The minimum Gasteiger partial charge on any atom is -0.382 e. The molecule has 1 fully saturated rings. The van der Waals surface area contributed by atoms with Gasteiger partial charge in [0.05, 0.1) is 6.61 Å². The van der Waals surface area contributed by atoms with E-state index in [1.165, 1.54) is 12.8 Å². The van der Waals surface area contributed by atoms with Gasteiger partial charge in [-0.1, -0.05) is 0 Å². The molecule has 26 heavy (non-hydrogen) atoms. The Morgan fingerprint density at radius 1 is 1.31 bits per heavy atom. The number of nitrogens with one attached hydrogen (secondary N) is 1. The Morgan fingerprint density at radius 3 is 2.77 bits per heavy atom. The van der Waals surface area contributed by atoms with Gasteiger partial charge in [0.1, 0.15) is 12.4 Å². The molecule has 1 aromatic heterocycles. The zero-order valence-corrected chi connectivity index (χ0v) is 16.7. The van der Waals surface area contributed by atoms with E-state index in [0.717, 1.165) is 69.5 Å². The zero-order chi connectivity index (χ0) is 18.8. The van der Waals surface area contributed by atoms with Gasteiger partial charge in [0.25, 0.3) is 0 Å². The summed E-state index contributed by atoms with van der Waals surface area (Å²) in [6, 6.07) is 0. The highest BCUT2D eigenvalue weighted by atomic mass is 16.5. The van der Waals surface area contributed by atoms with E-state index in [4.69, 9.17) is 14.5 Å². The number of guanidine groups is 1. The normalized spacial score (nSPS) is 14.7. The maximum Gasteiger partial charge on any atom is 0.194 e. The van der Waals surface area contributed by atoms with Crippen molar-refractivity contribution in [3.8, 4) is 0 Å². The predicted octanol–water partition coefficient (Wildman–Crippen LogP) is 1.35. The largest absolute Gasteiger partial charge is 0.382 e. The fourth-order valence-corrected chi connectivity index (χ4v) is 2.41. The van der Waals surface area contributed by atoms with Gasteiger partial charge in [0.2, 0.25) is 0 Å². The van der Waals surface area contributed by atoms with Crippen LogP contribution >= 0.6 is 0 Å². The Kier molecular flexibility index (Phi) is 8.84. The van der Waals surface area contributed by atoms with Crippen LogP contribution in [0.4, 0.5) is 0 Å². The van der Waals surface area contributed by atoms with Crippen molar-refractivity contribution in [2.45, 2.75) is 39.7 Å². The molecule has 2 rings (SSSR count). The lowest BCUT2D eigenvalue weighted by molar-refractivity contribution is 0.115. The molecule has 0 saturated heterocycles. The monoisotopic (exact) mass is 366 g/mol. The second kappa shape index (κ2) is 11.1. The van der Waals surface area contributed by atoms with Crippen molar-refractivity contribution >= 4 is 5.96 Å². The van der Waals surface area contributed by atoms with Crippen LogP contribution in [0.5, 0.6) is 0 Å². The van der Waals surface area contributed by atoms with Gasteiger partial charge in [-0.3, -0.25) is 0 Å². The first-order chi connectivity index (χ1) is 12.6. The van der Waals surface area contributed by atoms with Crippen molar-refractivity contribution in [2.24, 2.45) is 18.0 Å². The molecule has 1 saturated carbocycles. The maximum absolute atomic E-state index is 5.75. The molecule has 0 aliphatic heterocycles. The van der Waals surface area contributed by atoms with Gasteiger partial charge in [-0.15, -0.1) is 10.2 Å². The summed E-state index contributed by atoms with van der Waals surface area (Å²) in [5.74, 6) is 3.40. The van der Waals surface area contributed by atoms with Crippen LogP contribution in [0.25, 0.3) is 0 Å². The van der Waals surface area contributed by atoms with E-state index in [1.807, 2.05) is 32.5 Å². The molecule has 0 aromatic carbocycles. The summed E-state index contributed by atoms with van der Waals surface area (Å²) in [6.07, 6.45) is 3.59. The lowest BCUT2D eigenvalue weighted by Gasteiger charge is -2.22. The molecule has 148 valence electrons. The van der Waals surface area contributed by atoms with E-state index in [-0.39, 0.29) is 0 Å². The molecular formula is C18H34N6O2. The van der Waals surface area contributed by atoms with Gasteiger partial charge in [-0.05, 0) is 39.0 Å². The minimum atomic E-state index is 0.498. The fraction of sp³-hybridized carbons (Fsp3) is 0.833. The maximum atomic E-state index is 5.75. The molecule has 8 nitrogen and oxygen atoms in total. The Bertz CT molecular complexity index is 556. The summed E-state index contributed by atoms with van der Waals surface area (Å²) in [4.78, 5) is 6.83. The molecule has 0 atom stereocenters. The van der Waals surface area contributed by atoms with Crippen LogP contribution in [-0.4, -0.2) is 72.2 Å². The summed E-state index contributed by atoms with van der Waals surface area (Å²) in [6.45, 7) is 9.20. The van der Waals surface area contributed by atoms with Crippen molar-refractivity contribution in [1.29, 1.82) is 0 Å². The number of aromatic nitrogens is 3. The quantitative estimate of drug-likeness (QED) is 0.342. The molecule has 1 aliphatic rings. The first kappa shape index (κ1) is 20.6. The van der Waals surface area contributed by atoms with Gasteiger partial charge >= 0.3 is 0 Å². The van der Waals surface area contributed by atoms with Crippen molar-refractivity contribution in [2.75, 3.05) is 46.6 Å². The first-order valence-corrected chi connectivity index (χ1v) is 9.61. The highest BCUT2D eigenvalue weighted by Gasteiger charge is 2.21. The van der Waals surface area contributed by atoms with Crippen LogP contribution in [0.15, 0.2) is 4.99 Å². The van der Waals surface area contributed by atoms with Gasteiger partial charge < -0.3 is 24.3 Å². The predicted molar refractivity (Wildman–Crippen MR) is 102 cm³/mol. The van der Waals surface area contributed by atoms with Crippen molar-refractivity contribution < 1.29 is 9.47 Å². The van der Waals surface area contributed by atoms with Crippen LogP contribution in [-0.2, 0) is 23.1 Å². The SMILES string of the molecule is CCOCCCNC(=NCc1nnc(C)n1C)N(C)CCOCC1CC1. The van der Waals surface area contributed by atoms with Crippen LogP contribution in [0.1, 0.15) is 37.8 Å². The topological polar surface area (TPSA) is 76.8 Å². The number of aliphatic imine (C=N–C) groups is 1. The number of hydrogen-bond acceptors (Lipinski definition) is 5. The third-order valence-corrected chi connectivity index (χ3v) is 4.49. The molecule has 1 aliphatic carbocycles. The second-order valence-electron chi connectivity index (χ2n) is 6.78. The molecule has 8 heteroatoms. The van der Waals surface area contributed by atoms with Gasteiger partial charge in [-0.25, -0.2) is 4.99 Å². The highest BCUT2D eigenvalue weighted by molar-refractivity contribution is 5.79. The average molecular weight is 367 g/mol. The molecular weight excluding hydrogens is 332 g/mol. The van der Waals surface area contributed by atoms with Crippen LogP contribution in [0.2, 0.25) is 0 Å². The third-order valence-electron chi connectivity index (χ3n) is 4.49. The third kappa shape index (κ3) is 7.29. The molecule has 0 radical (unpaired) electrons. The van der Waals surface area contributed by atoms with Crippen LogP contribution < -0.4 is 5.32 Å².